The summed E-state index contributed by atoms with van der Waals surface area (Å²) in [6.07, 6.45) is 4.63. The van der Waals surface area contributed by atoms with Crippen molar-refractivity contribution in [2.45, 2.75) is 4.90 Å². The first-order chi connectivity index (χ1) is 4.97. The fraction of sp³-hybridized carbons (Fsp3) is 0. The number of pyridine rings is 1. The maximum Gasteiger partial charge on any atom is 0.144 e. The van der Waals surface area contributed by atoms with Crippen LogP contribution >= 0.6 is 11.8 Å². The van der Waals surface area contributed by atoms with Gasteiger partial charge in [-0.15, -0.1) is 0 Å². The highest BCUT2D eigenvalue weighted by molar-refractivity contribution is 8.02. The summed E-state index contributed by atoms with van der Waals surface area (Å²) in [7, 11) is 0. The minimum Gasteiger partial charge on any atom is -0.345 e. The Bertz CT molecular complexity index is 243. The quantitative estimate of drug-likeness (QED) is 0.609. The largest absolute Gasteiger partial charge is 0.345 e. The Labute approximate surface area is 63.4 Å². The van der Waals surface area contributed by atoms with Gasteiger partial charge in [-0.2, -0.15) is 0 Å². The van der Waals surface area contributed by atoms with Gasteiger partial charge in [-0.05, 0) is 17.5 Å². The minimum atomic E-state index is 0.898. The molecule has 2 nitrogen and oxygen atoms in total. The Morgan fingerprint density at radius 2 is 2.60 bits per heavy atom. The molecule has 1 aliphatic heterocycles. The lowest BCUT2D eigenvalue weighted by atomic mass is 10.4. The van der Waals surface area contributed by atoms with Crippen molar-refractivity contribution in [3.63, 3.8) is 0 Å². The number of hydrogen-bond donors (Lipinski definition) is 1. The van der Waals surface area contributed by atoms with E-state index < -0.39 is 0 Å². The molecule has 2 heterocycles. The molecule has 1 aromatic heterocycles. The molecule has 0 bridgehead atoms. The van der Waals surface area contributed by atoms with Crippen molar-refractivity contribution in [1.29, 1.82) is 0 Å². The third-order valence-corrected chi connectivity index (χ3v) is 2.06. The second kappa shape index (κ2) is 2.34. The summed E-state index contributed by atoms with van der Waals surface area (Å²) in [5.41, 5.74) is 0. The summed E-state index contributed by atoms with van der Waals surface area (Å²) in [5.74, 6) is 0.898. The number of anilines is 1. The maximum atomic E-state index is 4.01. The van der Waals surface area contributed by atoms with E-state index in [0.717, 1.165) is 10.7 Å². The van der Waals surface area contributed by atoms with Gasteiger partial charge in [0.15, 0.2) is 0 Å². The molecule has 0 amide bonds. The van der Waals surface area contributed by atoms with Crippen LogP contribution in [0.5, 0.6) is 0 Å². The van der Waals surface area contributed by atoms with Gasteiger partial charge >= 0.3 is 0 Å². The third kappa shape index (κ3) is 0.885. The SMILES string of the molecule is [c]1ccc2c(n1)NC=CS2. The van der Waals surface area contributed by atoms with Crippen LogP contribution in [0.2, 0.25) is 0 Å². The Morgan fingerprint density at radius 1 is 1.60 bits per heavy atom. The van der Waals surface area contributed by atoms with E-state index in [4.69, 9.17) is 0 Å². The topological polar surface area (TPSA) is 24.9 Å². The molecule has 1 N–H and O–H groups in total. The van der Waals surface area contributed by atoms with Crippen molar-refractivity contribution in [2.75, 3.05) is 5.32 Å². The number of hydrogen-bond acceptors (Lipinski definition) is 3. The molecule has 0 aromatic carbocycles. The standard InChI is InChI=1S/C7H5N2S/c1-2-6-7(8-3-1)9-4-5-10-6/h1-2,4-5H,(H,8,9). The second-order valence-corrected chi connectivity index (χ2v) is 2.80. The number of nitrogens with zero attached hydrogens (tertiary/aromatic N) is 1. The van der Waals surface area contributed by atoms with Crippen LogP contribution in [0.3, 0.4) is 0 Å². The van der Waals surface area contributed by atoms with Crippen molar-refractivity contribution >= 4 is 17.6 Å². The predicted octanol–water partition coefficient (Wildman–Crippen LogP) is 1.87. The average Bonchev–Trinajstić information content (AvgIpc) is 2.05. The summed E-state index contributed by atoms with van der Waals surface area (Å²) >= 11 is 1.66. The highest BCUT2D eigenvalue weighted by atomic mass is 32.2. The fourth-order valence-electron chi connectivity index (χ4n) is 0.768. The van der Waals surface area contributed by atoms with Gasteiger partial charge in [0.2, 0.25) is 0 Å². The molecule has 0 unspecified atom stereocenters. The maximum absolute atomic E-state index is 4.01. The van der Waals surface area contributed by atoms with Crippen LogP contribution in [-0.4, -0.2) is 4.98 Å². The second-order valence-electron chi connectivity index (χ2n) is 1.85. The molecule has 0 atom stereocenters. The third-order valence-electron chi connectivity index (χ3n) is 1.20. The summed E-state index contributed by atoms with van der Waals surface area (Å²) in [4.78, 5) is 5.16. The Balaban J connectivity index is 2.47. The first kappa shape index (κ1) is 5.80. The van der Waals surface area contributed by atoms with Crippen molar-refractivity contribution in [3.8, 4) is 0 Å². The van der Waals surface area contributed by atoms with Crippen LogP contribution in [0.25, 0.3) is 0 Å². The number of rotatable bonds is 0. The van der Waals surface area contributed by atoms with Gasteiger partial charge in [0, 0.05) is 6.20 Å². The first-order valence-corrected chi connectivity index (χ1v) is 3.80. The van der Waals surface area contributed by atoms with Crippen LogP contribution in [0.1, 0.15) is 0 Å². The van der Waals surface area contributed by atoms with E-state index in [2.05, 4.69) is 16.5 Å². The molecular weight excluding hydrogens is 144 g/mol. The predicted molar refractivity (Wildman–Crippen MR) is 41.7 cm³/mol. The van der Waals surface area contributed by atoms with Gasteiger partial charge in [0.1, 0.15) is 5.82 Å². The summed E-state index contributed by atoms with van der Waals surface area (Å²) in [6, 6.07) is 3.80. The smallest absolute Gasteiger partial charge is 0.144 e. The van der Waals surface area contributed by atoms with E-state index in [1.54, 1.807) is 11.8 Å². The molecule has 3 heteroatoms. The molecule has 49 valence electrons. The Kier molecular flexibility index (Phi) is 1.36. The lowest BCUT2D eigenvalue weighted by Gasteiger charge is -2.08. The zero-order chi connectivity index (χ0) is 6.81. The number of nitrogens with one attached hydrogen (secondary N) is 1. The van der Waals surface area contributed by atoms with Crippen molar-refractivity contribution in [2.24, 2.45) is 0 Å². The van der Waals surface area contributed by atoms with E-state index in [1.807, 2.05) is 23.7 Å². The Hall–Kier alpha value is -0.960. The van der Waals surface area contributed by atoms with Crippen LogP contribution in [-0.2, 0) is 0 Å². The van der Waals surface area contributed by atoms with Gasteiger partial charge in [-0.3, -0.25) is 0 Å². The molecular formula is C7H5N2S. The van der Waals surface area contributed by atoms with Gasteiger partial charge in [0.25, 0.3) is 0 Å². The van der Waals surface area contributed by atoms with Crippen LogP contribution in [0, 0.1) is 6.20 Å². The molecule has 0 saturated carbocycles. The molecule has 10 heavy (non-hydrogen) atoms. The molecule has 0 spiro atoms. The van der Waals surface area contributed by atoms with Gasteiger partial charge < -0.3 is 5.32 Å². The fourth-order valence-corrected chi connectivity index (χ4v) is 1.41. The van der Waals surface area contributed by atoms with E-state index >= 15 is 0 Å². The lowest BCUT2D eigenvalue weighted by Crippen LogP contribution is -1.95. The molecule has 1 aromatic rings. The van der Waals surface area contributed by atoms with Gasteiger partial charge in [-0.1, -0.05) is 11.8 Å². The normalized spacial score (nSPS) is 14.0. The summed E-state index contributed by atoms with van der Waals surface area (Å²) in [5, 5.41) is 5.01. The lowest BCUT2D eigenvalue weighted by molar-refractivity contribution is 1.21. The van der Waals surface area contributed by atoms with Crippen LogP contribution < -0.4 is 5.32 Å². The minimum absolute atomic E-state index is 0.898. The monoisotopic (exact) mass is 149 g/mol. The first-order valence-electron chi connectivity index (χ1n) is 2.92. The van der Waals surface area contributed by atoms with Gasteiger partial charge in [-0.25, -0.2) is 4.98 Å². The Morgan fingerprint density at radius 3 is 3.50 bits per heavy atom. The molecule has 0 saturated heterocycles. The number of aromatic nitrogens is 1. The van der Waals surface area contributed by atoms with E-state index in [9.17, 15) is 0 Å². The van der Waals surface area contributed by atoms with E-state index in [0.29, 0.717) is 0 Å². The number of fused-ring (bicyclic) bond motifs is 1. The number of thioether (sulfide) groups is 1. The zero-order valence-corrected chi connectivity index (χ0v) is 5.98. The van der Waals surface area contributed by atoms with Crippen molar-refractivity contribution < 1.29 is 0 Å². The van der Waals surface area contributed by atoms with Crippen LogP contribution in [0.15, 0.2) is 28.6 Å². The van der Waals surface area contributed by atoms with E-state index in [1.165, 1.54) is 0 Å². The van der Waals surface area contributed by atoms with Gasteiger partial charge in [0.05, 0.1) is 11.1 Å². The highest BCUT2D eigenvalue weighted by Gasteiger charge is 2.02. The summed E-state index contributed by atoms with van der Waals surface area (Å²) in [6.45, 7) is 0. The molecule has 0 fully saturated rings. The van der Waals surface area contributed by atoms with Crippen molar-refractivity contribution in [3.05, 3.63) is 29.9 Å². The van der Waals surface area contributed by atoms with Crippen LogP contribution in [0.4, 0.5) is 5.82 Å². The van der Waals surface area contributed by atoms with E-state index in [-0.39, 0.29) is 0 Å². The zero-order valence-electron chi connectivity index (χ0n) is 5.16. The summed E-state index contributed by atoms with van der Waals surface area (Å²) < 4.78 is 0. The molecule has 2 rings (SSSR count). The molecule has 0 aliphatic carbocycles. The van der Waals surface area contributed by atoms with Crippen molar-refractivity contribution in [1.82, 2.24) is 4.98 Å². The molecule has 1 radical (unpaired) electrons. The highest BCUT2D eigenvalue weighted by Crippen LogP contribution is 2.28. The average molecular weight is 149 g/mol. The molecule has 1 aliphatic rings.